The second-order valence-corrected chi connectivity index (χ2v) is 7.58. The van der Waals surface area contributed by atoms with E-state index in [9.17, 15) is 4.39 Å². The highest BCUT2D eigenvalue weighted by atomic mass is 32.3. The minimum atomic E-state index is -4.67. The summed E-state index contributed by atoms with van der Waals surface area (Å²) in [7, 11) is -4.67. The Labute approximate surface area is 168 Å². The monoisotopic (exact) mass is 427 g/mol. The number of fused-ring (bicyclic) bond motifs is 1. The van der Waals surface area contributed by atoms with Gasteiger partial charge in [-0.15, -0.1) is 0 Å². The molecule has 0 aromatic heterocycles. The van der Waals surface area contributed by atoms with Crippen LogP contribution in [0.1, 0.15) is 17.9 Å². The van der Waals surface area contributed by atoms with Gasteiger partial charge < -0.3 is 19.5 Å². The molecule has 158 valence electrons. The Hall–Kier alpha value is -2.40. The number of benzene rings is 2. The minimum absolute atomic E-state index is 0.194. The zero-order valence-electron chi connectivity index (χ0n) is 15.5. The molecular weight excluding hydrogens is 405 g/mol. The summed E-state index contributed by atoms with van der Waals surface area (Å²) in [6.45, 7) is 2.74. The highest BCUT2D eigenvalue weighted by Crippen LogP contribution is 2.36. The fourth-order valence-electron chi connectivity index (χ4n) is 3.42. The van der Waals surface area contributed by atoms with E-state index >= 15 is 0 Å². The number of ether oxygens (including phenoxy) is 3. The summed E-state index contributed by atoms with van der Waals surface area (Å²) in [6, 6.07) is 12.5. The lowest BCUT2D eigenvalue weighted by molar-refractivity contribution is 0.173. The van der Waals surface area contributed by atoms with Crippen molar-refractivity contribution in [2.24, 2.45) is 5.92 Å². The molecule has 2 heterocycles. The fourth-order valence-corrected chi connectivity index (χ4v) is 3.42. The second kappa shape index (κ2) is 9.40. The lowest BCUT2D eigenvalue weighted by atomic mass is 9.81. The van der Waals surface area contributed by atoms with Gasteiger partial charge >= 0.3 is 10.4 Å². The summed E-state index contributed by atoms with van der Waals surface area (Å²) < 4.78 is 61.4. The first-order valence-electron chi connectivity index (χ1n) is 8.98. The van der Waals surface area contributed by atoms with Crippen molar-refractivity contribution in [1.29, 1.82) is 0 Å². The van der Waals surface area contributed by atoms with Gasteiger partial charge in [-0.2, -0.15) is 8.42 Å². The van der Waals surface area contributed by atoms with Crippen molar-refractivity contribution in [3.8, 4) is 17.2 Å². The maximum Gasteiger partial charge on any atom is 0.394 e. The summed E-state index contributed by atoms with van der Waals surface area (Å²) in [6.07, 6.45) is 1.03. The summed E-state index contributed by atoms with van der Waals surface area (Å²) in [4.78, 5) is 0. The third kappa shape index (κ3) is 6.57. The maximum atomic E-state index is 13.2. The van der Waals surface area contributed by atoms with Crippen LogP contribution >= 0.6 is 0 Å². The smallest absolute Gasteiger partial charge is 0.394 e. The van der Waals surface area contributed by atoms with Gasteiger partial charge in [0.05, 0.1) is 6.61 Å². The van der Waals surface area contributed by atoms with E-state index in [1.165, 1.54) is 17.7 Å². The predicted octanol–water partition coefficient (Wildman–Crippen LogP) is 2.67. The van der Waals surface area contributed by atoms with Gasteiger partial charge in [0.25, 0.3) is 0 Å². The second-order valence-electron chi connectivity index (χ2n) is 6.68. The molecule has 0 unspecified atom stereocenters. The Morgan fingerprint density at radius 3 is 2.52 bits per heavy atom. The average Bonchev–Trinajstić information content (AvgIpc) is 3.14. The maximum absolute atomic E-state index is 13.2. The van der Waals surface area contributed by atoms with Crippen LogP contribution in [-0.4, -0.2) is 44.0 Å². The largest absolute Gasteiger partial charge is 0.493 e. The van der Waals surface area contributed by atoms with E-state index in [1.807, 2.05) is 30.3 Å². The highest BCUT2D eigenvalue weighted by Gasteiger charge is 2.27. The number of rotatable bonds is 4. The predicted molar refractivity (Wildman–Crippen MR) is 102 cm³/mol. The van der Waals surface area contributed by atoms with Gasteiger partial charge in [-0.05, 0) is 48.7 Å². The van der Waals surface area contributed by atoms with Crippen LogP contribution in [0.3, 0.4) is 0 Å². The molecule has 8 nitrogen and oxygen atoms in total. The zero-order valence-corrected chi connectivity index (χ0v) is 16.3. The van der Waals surface area contributed by atoms with E-state index in [4.69, 9.17) is 31.7 Å². The molecule has 2 aromatic carbocycles. The Morgan fingerprint density at radius 1 is 1.10 bits per heavy atom. The molecule has 3 N–H and O–H groups in total. The van der Waals surface area contributed by atoms with Crippen LogP contribution < -0.4 is 19.5 Å². The van der Waals surface area contributed by atoms with Gasteiger partial charge in [-0.3, -0.25) is 9.11 Å². The third-order valence-electron chi connectivity index (χ3n) is 4.71. The van der Waals surface area contributed by atoms with Crippen LogP contribution in [0.4, 0.5) is 4.39 Å². The molecule has 0 bridgehead atoms. The van der Waals surface area contributed by atoms with Crippen molar-refractivity contribution in [3.05, 3.63) is 53.8 Å². The van der Waals surface area contributed by atoms with Crippen LogP contribution in [0.2, 0.25) is 0 Å². The SMILES string of the molecule is Fc1ccc([C@@H]2CCNC[C@H]2COc2ccc3c(c2)OCO3)cc1.O=S(=O)(O)O. The topological polar surface area (TPSA) is 114 Å². The molecule has 2 aromatic rings. The van der Waals surface area contributed by atoms with Crippen LogP contribution in [0.5, 0.6) is 17.2 Å². The van der Waals surface area contributed by atoms with Crippen molar-refractivity contribution in [1.82, 2.24) is 5.32 Å². The third-order valence-corrected chi connectivity index (χ3v) is 4.71. The minimum Gasteiger partial charge on any atom is -0.493 e. The summed E-state index contributed by atoms with van der Waals surface area (Å²) in [5.41, 5.74) is 1.18. The van der Waals surface area contributed by atoms with Gasteiger partial charge in [-0.25, -0.2) is 4.39 Å². The first kappa shape index (κ1) is 21.3. The van der Waals surface area contributed by atoms with Crippen molar-refractivity contribution in [2.75, 3.05) is 26.5 Å². The van der Waals surface area contributed by atoms with Gasteiger partial charge in [0, 0.05) is 18.5 Å². The van der Waals surface area contributed by atoms with Crippen molar-refractivity contribution in [3.63, 3.8) is 0 Å². The number of nitrogens with one attached hydrogen (secondary N) is 1. The summed E-state index contributed by atoms with van der Waals surface area (Å²) >= 11 is 0. The highest BCUT2D eigenvalue weighted by molar-refractivity contribution is 7.79. The Bertz CT molecular complexity index is 913. The van der Waals surface area contributed by atoms with E-state index < -0.39 is 10.4 Å². The molecule has 0 amide bonds. The van der Waals surface area contributed by atoms with E-state index in [2.05, 4.69) is 5.32 Å². The van der Waals surface area contributed by atoms with E-state index in [0.29, 0.717) is 18.4 Å². The number of halogens is 1. The fraction of sp³-hybridized carbons (Fsp3) is 0.368. The first-order chi connectivity index (χ1) is 13.8. The normalized spacial score (nSPS) is 20.5. The molecule has 2 aliphatic rings. The quantitative estimate of drug-likeness (QED) is 0.638. The molecule has 0 spiro atoms. The zero-order chi connectivity index (χ0) is 20.9. The number of piperidine rings is 1. The average molecular weight is 427 g/mol. The molecule has 0 saturated carbocycles. The molecule has 2 atom stereocenters. The molecule has 0 radical (unpaired) electrons. The van der Waals surface area contributed by atoms with Crippen LogP contribution in [0, 0.1) is 11.7 Å². The van der Waals surface area contributed by atoms with Crippen LogP contribution in [0.25, 0.3) is 0 Å². The molecule has 29 heavy (non-hydrogen) atoms. The number of hydrogen-bond acceptors (Lipinski definition) is 6. The van der Waals surface area contributed by atoms with Gasteiger partial charge in [0.2, 0.25) is 6.79 Å². The lowest BCUT2D eigenvalue weighted by Crippen LogP contribution is -2.38. The van der Waals surface area contributed by atoms with Crippen LogP contribution in [0.15, 0.2) is 42.5 Å². The molecule has 1 saturated heterocycles. The Kier molecular flexibility index (Phi) is 6.91. The van der Waals surface area contributed by atoms with Crippen molar-refractivity contribution in [2.45, 2.75) is 12.3 Å². The van der Waals surface area contributed by atoms with Crippen molar-refractivity contribution >= 4 is 10.4 Å². The van der Waals surface area contributed by atoms with Gasteiger partial charge in [-0.1, -0.05) is 12.1 Å². The van der Waals surface area contributed by atoms with Crippen molar-refractivity contribution < 1.29 is 36.1 Å². The Morgan fingerprint density at radius 2 is 1.79 bits per heavy atom. The standard InChI is InChI=1S/C19H20FNO3.H2O4S/c20-15-3-1-13(2-4-15)17-7-8-21-10-14(17)11-22-16-5-6-18-19(9-16)24-12-23-18;1-5(2,3)4/h1-6,9,14,17,21H,7-8,10-12H2;(H2,1,2,3,4)/t14-,17-;/m0./s1. The first-order valence-corrected chi connectivity index (χ1v) is 10.4. The number of hydrogen-bond donors (Lipinski definition) is 3. The van der Waals surface area contributed by atoms with E-state index in [0.717, 1.165) is 36.8 Å². The molecule has 1 fully saturated rings. The van der Waals surface area contributed by atoms with Crippen LogP contribution in [-0.2, 0) is 10.4 Å². The van der Waals surface area contributed by atoms with E-state index in [1.54, 1.807) is 0 Å². The molecule has 2 aliphatic heterocycles. The van der Waals surface area contributed by atoms with E-state index in [-0.39, 0.29) is 12.6 Å². The molecule has 10 heteroatoms. The molecule has 4 rings (SSSR count). The molecule has 0 aliphatic carbocycles. The Balaban J connectivity index is 0.000000431. The summed E-state index contributed by atoms with van der Waals surface area (Å²) in [5.74, 6) is 2.79. The lowest BCUT2D eigenvalue weighted by Gasteiger charge is -2.32. The summed E-state index contributed by atoms with van der Waals surface area (Å²) in [5, 5.41) is 3.43. The van der Waals surface area contributed by atoms with Gasteiger partial charge in [0.1, 0.15) is 11.6 Å². The van der Waals surface area contributed by atoms with Gasteiger partial charge in [0.15, 0.2) is 11.5 Å². The molecular formula is C19H22FNO7S.